The van der Waals surface area contributed by atoms with E-state index in [0.29, 0.717) is 34.7 Å². The molecule has 0 atom stereocenters. The summed E-state index contributed by atoms with van der Waals surface area (Å²) in [7, 11) is 1.63. The van der Waals surface area contributed by atoms with E-state index in [1.165, 1.54) is 9.78 Å². The van der Waals surface area contributed by atoms with Crippen LogP contribution in [-0.2, 0) is 17.6 Å². The second-order valence-electron chi connectivity index (χ2n) is 9.93. The van der Waals surface area contributed by atoms with Crippen molar-refractivity contribution in [2.45, 2.75) is 83.5 Å². The maximum atomic E-state index is 12.5. The lowest BCUT2D eigenvalue weighted by molar-refractivity contribution is -0.116. The Hall–Kier alpha value is -3.00. The number of nitrogens with one attached hydrogen (secondary N) is 2. The van der Waals surface area contributed by atoms with Crippen LogP contribution in [0.3, 0.4) is 0 Å². The number of fused-ring (bicyclic) bond motifs is 2. The highest BCUT2D eigenvalue weighted by Crippen LogP contribution is 2.38. The molecular formula is C29H37N3O4S. The predicted octanol–water partition coefficient (Wildman–Crippen LogP) is 5.73. The highest BCUT2D eigenvalue weighted by molar-refractivity contribution is 7.17. The van der Waals surface area contributed by atoms with Crippen molar-refractivity contribution in [3.8, 4) is 0 Å². The van der Waals surface area contributed by atoms with Crippen LogP contribution < -0.4 is 10.6 Å². The van der Waals surface area contributed by atoms with Crippen LogP contribution in [0.25, 0.3) is 0 Å². The van der Waals surface area contributed by atoms with Crippen LogP contribution in [-0.4, -0.2) is 42.1 Å². The number of amides is 4. The Morgan fingerprint density at radius 2 is 1.46 bits per heavy atom. The largest absolute Gasteiger partial charge is 0.355 e. The molecule has 7 nitrogen and oxygen atoms in total. The number of rotatable bonds is 13. The highest BCUT2D eigenvalue weighted by atomic mass is 32.1. The SMILES string of the molecule is CNC(=O)c1c(NC(=O)CCCCCCCCCCN2C(=O)c3ccccc3C2=O)sc2c1CCCC2. The zero-order valence-corrected chi connectivity index (χ0v) is 22.5. The fraction of sp³-hybridized carbons (Fsp3) is 0.517. The summed E-state index contributed by atoms with van der Waals surface area (Å²) in [4.78, 5) is 52.4. The standard InChI is InChI=1S/C29H37N3O4S/c1-30-26(34)25-22-16-11-12-17-23(22)37-27(25)31-24(33)18-8-6-4-2-3-5-7-13-19-32-28(35)20-14-9-10-15-21(20)29(32)36/h9-10,14-15H,2-8,11-13,16-19H2,1H3,(H,30,34)(H,31,33). The lowest BCUT2D eigenvalue weighted by atomic mass is 9.95. The van der Waals surface area contributed by atoms with Crippen LogP contribution in [0.4, 0.5) is 5.00 Å². The molecule has 1 aromatic carbocycles. The Balaban J connectivity index is 1.07. The minimum absolute atomic E-state index is 0.0168. The summed E-state index contributed by atoms with van der Waals surface area (Å²) in [5.41, 5.74) is 2.82. The number of carbonyl (C=O) groups excluding carboxylic acids is 4. The summed E-state index contributed by atoms with van der Waals surface area (Å²) >= 11 is 1.56. The van der Waals surface area contributed by atoms with E-state index >= 15 is 0 Å². The lowest BCUT2D eigenvalue weighted by Gasteiger charge is -2.13. The summed E-state index contributed by atoms with van der Waals surface area (Å²) in [6.45, 7) is 0.482. The number of anilines is 1. The topological polar surface area (TPSA) is 95.6 Å². The van der Waals surface area contributed by atoms with Crippen LogP contribution >= 0.6 is 11.3 Å². The Labute approximate surface area is 223 Å². The van der Waals surface area contributed by atoms with E-state index in [1.54, 1.807) is 42.6 Å². The van der Waals surface area contributed by atoms with E-state index < -0.39 is 0 Å². The quantitative estimate of drug-likeness (QED) is 0.259. The van der Waals surface area contributed by atoms with E-state index in [1.807, 2.05) is 0 Å². The van der Waals surface area contributed by atoms with E-state index in [4.69, 9.17) is 0 Å². The third-order valence-electron chi connectivity index (χ3n) is 7.29. The van der Waals surface area contributed by atoms with E-state index in [-0.39, 0.29) is 23.6 Å². The number of unbranched alkanes of at least 4 members (excludes halogenated alkanes) is 7. The van der Waals surface area contributed by atoms with Gasteiger partial charge in [-0.05, 0) is 56.2 Å². The summed E-state index contributed by atoms with van der Waals surface area (Å²) in [6, 6.07) is 7.02. The molecule has 0 fully saturated rings. The van der Waals surface area contributed by atoms with Gasteiger partial charge < -0.3 is 10.6 Å². The Morgan fingerprint density at radius 3 is 2.11 bits per heavy atom. The molecular weight excluding hydrogens is 486 g/mol. The van der Waals surface area contributed by atoms with Crippen LogP contribution in [0.1, 0.15) is 112 Å². The monoisotopic (exact) mass is 523 g/mol. The first kappa shape index (κ1) is 27.0. The molecule has 0 spiro atoms. The van der Waals surface area contributed by atoms with Crippen molar-refractivity contribution in [1.82, 2.24) is 10.2 Å². The van der Waals surface area contributed by atoms with E-state index in [2.05, 4.69) is 10.6 Å². The summed E-state index contributed by atoms with van der Waals surface area (Å²) in [5.74, 6) is -0.475. The Morgan fingerprint density at radius 1 is 0.865 bits per heavy atom. The van der Waals surface area contributed by atoms with E-state index in [0.717, 1.165) is 82.6 Å². The minimum Gasteiger partial charge on any atom is -0.355 e. The van der Waals surface area contributed by atoms with Crippen molar-refractivity contribution in [3.63, 3.8) is 0 Å². The fourth-order valence-electron chi connectivity index (χ4n) is 5.27. The molecule has 37 heavy (non-hydrogen) atoms. The number of aryl methyl sites for hydroxylation is 1. The molecule has 1 aromatic heterocycles. The molecule has 0 unspecified atom stereocenters. The number of thiophene rings is 1. The van der Waals surface area contributed by atoms with Gasteiger partial charge in [0.15, 0.2) is 0 Å². The van der Waals surface area contributed by atoms with Gasteiger partial charge in [0.1, 0.15) is 5.00 Å². The molecule has 0 bridgehead atoms. The van der Waals surface area contributed by atoms with Crippen LogP contribution in [0.2, 0.25) is 0 Å². The molecule has 0 saturated heterocycles. The Bertz CT molecular complexity index is 1120. The van der Waals surface area contributed by atoms with Gasteiger partial charge in [0.25, 0.3) is 17.7 Å². The van der Waals surface area contributed by atoms with Crippen molar-refractivity contribution in [3.05, 3.63) is 51.4 Å². The molecule has 1 aliphatic carbocycles. The molecule has 2 aromatic rings. The van der Waals surface area contributed by atoms with Crippen molar-refractivity contribution in [1.29, 1.82) is 0 Å². The molecule has 4 rings (SSSR count). The predicted molar refractivity (Wildman–Crippen MR) is 146 cm³/mol. The molecule has 2 heterocycles. The molecule has 8 heteroatoms. The Kier molecular flexibility index (Phi) is 9.50. The fourth-order valence-corrected chi connectivity index (χ4v) is 6.57. The third kappa shape index (κ3) is 6.47. The highest BCUT2D eigenvalue weighted by Gasteiger charge is 2.34. The zero-order valence-electron chi connectivity index (χ0n) is 21.7. The molecule has 198 valence electrons. The van der Waals surface area contributed by atoms with Gasteiger partial charge in [0.2, 0.25) is 5.91 Å². The van der Waals surface area contributed by atoms with Crippen molar-refractivity contribution in [2.24, 2.45) is 0 Å². The smallest absolute Gasteiger partial charge is 0.261 e. The van der Waals surface area contributed by atoms with Crippen LogP contribution in [0.15, 0.2) is 24.3 Å². The molecule has 1 aliphatic heterocycles. The number of imide groups is 1. The van der Waals surface area contributed by atoms with Gasteiger partial charge in [0.05, 0.1) is 16.7 Å². The summed E-state index contributed by atoms with van der Waals surface area (Å²) < 4.78 is 0. The molecule has 2 N–H and O–H groups in total. The minimum atomic E-state index is -0.173. The van der Waals surface area contributed by atoms with Crippen molar-refractivity contribution < 1.29 is 19.2 Å². The number of benzene rings is 1. The van der Waals surface area contributed by atoms with Gasteiger partial charge in [-0.1, -0.05) is 50.7 Å². The second-order valence-corrected chi connectivity index (χ2v) is 11.0. The molecule has 0 saturated carbocycles. The maximum Gasteiger partial charge on any atom is 0.261 e. The average Bonchev–Trinajstić information content (AvgIpc) is 3.39. The van der Waals surface area contributed by atoms with Gasteiger partial charge >= 0.3 is 0 Å². The van der Waals surface area contributed by atoms with Gasteiger partial charge in [-0.15, -0.1) is 11.3 Å². The van der Waals surface area contributed by atoms with Gasteiger partial charge in [0, 0.05) is 24.9 Å². The zero-order chi connectivity index (χ0) is 26.2. The number of carbonyl (C=O) groups is 4. The summed E-state index contributed by atoms with van der Waals surface area (Å²) in [6.07, 6.45) is 12.7. The number of hydrogen-bond donors (Lipinski definition) is 2. The van der Waals surface area contributed by atoms with E-state index in [9.17, 15) is 19.2 Å². The lowest BCUT2D eigenvalue weighted by Crippen LogP contribution is -2.30. The third-order valence-corrected chi connectivity index (χ3v) is 8.50. The van der Waals surface area contributed by atoms with Crippen molar-refractivity contribution >= 4 is 40.0 Å². The first-order valence-electron chi connectivity index (χ1n) is 13.6. The maximum absolute atomic E-state index is 12.5. The van der Waals surface area contributed by atoms with Crippen LogP contribution in [0.5, 0.6) is 0 Å². The second kappa shape index (κ2) is 13.0. The number of nitrogens with zero attached hydrogens (tertiary/aromatic N) is 1. The first-order valence-corrected chi connectivity index (χ1v) is 14.4. The average molecular weight is 524 g/mol. The molecule has 4 amide bonds. The number of hydrogen-bond acceptors (Lipinski definition) is 5. The molecule has 2 aliphatic rings. The first-order chi connectivity index (χ1) is 18.0. The summed E-state index contributed by atoms with van der Waals surface area (Å²) in [5, 5.41) is 6.44. The molecule has 0 radical (unpaired) electrons. The van der Waals surface area contributed by atoms with Crippen LogP contribution in [0, 0.1) is 0 Å². The van der Waals surface area contributed by atoms with Gasteiger partial charge in [-0.3, -0.25) is 24.1 Å². The van der Waals surface area contributed by atoms with Crippen molar-refractivity contribution in [2.75, 3.05) is 18.9 Å². The van der Waals surface area contributed by atoms with Gasteiger partial charge in [-0.2, -0.15) is 0 Å². The normalized spacial score (nSPS) is 14.5. The van der Waals surface area contributed by atoms with Gasteiger partial charge in [-0.25, -0.2) is 0 Å².